The Morgan fingerprint density at radius 2 is 1.71 bits per heavy atom. The molecule has 162 valence electrons. The topological polar surface area (TPSA) is 90.7 Å². The number of esters is 1. The van der Waals surface area contributed by atoms with Gasteiger partial charge in [0.15, 0.2) is 6.61 Å². The molecular weight excluding hydrogens is 396 g/mol. The van der Waals surface area contributed by atoms with Crippen LogP contribution in [0.15, 0.2) is 59.1 Å². The van der Waals surface area contributed by atoms with E-state index in [1.807, 2.05) is 61.5 Å². The van der Waals surface area contributed by atoms with Crippen molar-refractivity contribution in [1.29, 1.82) is 0 Å². The van der Waals surface area contributed by atoms with Gasteiger partial charge in [-0.1, -0.05) is 47.6 Å². The molecule has 0 aliphatic rings. The van der Waals surface area contributed by atoms with Crippen LogP contribution in [0.1, 0.15) is 40.6 Å². The molecule has 0 saturated carbocycles. The van der Waals surface area contributed by atoms with Crippen molar-refractivity contribution in [2.24, 2.45) is 0 Å². The summed E-state index contributed by atoms with van der Waals surface area (Å²) in [7, 11) is 1.60. The molecule has 0 bridgehead atoms. The molecule has 1 amide bonds. The second-order valence-electron chi connectivity index (χ2n) is 7.15. The van der Waals surface area contributed by atoms with Gasteiger partial charge >= 0.3 is 5.97 Å². The molecular formula is C24H26N2O5. The van der Waals surface area contributed by atoms with E-state index >= 15 is 0 Å². The second kappa shape index (κ2) is 10.4. The van der Waals surface area contributed by atoms with E-state index in [9.17, 15) is 9.59 Å². The summed E-state index contributed by atoms with van der Waals surface area (Å²) in [5.41, 5.74) is 3.47. The van der Waals surface area contributed by atoms with Crippen molar-refractivity contribution in [3.8, 4) is 5.75 Å². The molecule has 0 saturated heterocycles. The number of methoxy groups -OCH3 is 1. The van der Waals surface area contributed by atoms with Crippen molar-refractivity contribution in [2.75, 3.05) is 13.7 Å². The largest absolute Gasteiger partial charge is 0.497 e. The van der Waals surface area contributed by atoms with Crippen molar-refractivity contribution >= 4 is 11.9 Å². The Balaban J connectivity index is 1.59. The molecule has 1 heterocycles. The number of carbonyl (C=O) groups is 2. The van der Waals surface area contributed by atoms with Crippen molar-refractivity contribution in [3.63, 3.8) is 0 Å². The fourth-order valence-electron chi connectivity index (χ4n) is 3.31. The van der Waals surface area contributed by atoms with E-state index in [1.165, 1.54) is 0 Å². The van der Waals surface area contributed by atoms with Crippen LogP contribution >= 0.6 is 0 Å². The molecule has 3 aromatic rings. The van der Waals surface area contributed by atoms with E-state index in [2.05, 4.69) is 10.5 Å². The highest BCUT2D eigenvalue weighted by Crippen LogP contribution is 2.24. The van der Waals surface area contributed by atoms with Gasteiger partial charge in [-0.3, -0.25) is 9.59 Å². The number of nitrogens with one attached hydrogen (secondary N) is 1. The number of carbonyl (C=O) groups excluding carboxylic acids is 2. The lowest BCUT2D eigenvalue weighted by molar-refractivity contribution is -0.148. The number of benzene rings is 2. The predicted octanol–water partition coefficient (Wildman–Crippen LogP) is 3.68. The molecule has 1 aromatic heterocycles. The lowest BCUT2D eigenvalue weighted by Crippen LogP contribution is -2.33. The smallest absolute Gasteiger partial charge is 0.306 e. The minimum Gasteiger partial charge on any atom is -0.497 e. The Morgan fingerprint density at radius 3 is 2.32 bits per heavy atom. The minimum absolute atomic E-state index is 0.150. The summed E-state index contributed by atoms with van der Waals surface area (Å²) in [6, 6.07) is 16.7. The van der Waals surface area contributed by atoms with Crippen LogP contribution in [0.2, 0.25) is 0 Å². The maximum Gasteiger partial charge on any atom is 0.306 e. The number of hydrogen-bond acceptors (Lipinski definition) is 6. The van der Waals surface area contributed by atoms with Gasteiger partial charge in [-0.15, -0.1) is 0 Å². The van der Waals surface area contributed by atoms with E-state index in [1.54, 1.807) is 14.0 Å². The second-order valence-corrected chi connectivity index (χ2v) is 7.15. The van der Waals surface area contributed by atoms with Crippen LogP contribution in [0.25, 0.3) is 0 Å². The number of rotatable bonds is 9. The first-order chi connectivity index (χ1) is 15.0. The van der Waals surface area contributed by atoms with Crippen LogP contribution in [0, 0.1) is 13.8 Å². The standard InChI is InChI=1S/C24H26N2O5/c1-16-21(17(2)31-26-16)13-14-23(28)30-15-22(27)25-24(18-7-5-4-6-8-18)19-9-11-20(29-3)12-10-19/h4-12,24H,13-15H2,1-3H3,(H,25,27)/t24-/m1/s1. The maximum absolute atomic E-state index is 12.5. The molecule has 0 aliphatic heterocycles. The fraction of sp³-hybridized carbons (Fsp3) is 0.292. The summed E-state index contributed by atoms with van der Waals surface area (Å²) in [5.74, 6) is 0.591. The van der Waals surface area contributed by atoms with Crippen LogP contribution in [0.5, 0.6) is 5.75 Å². The van der Waals surface area contributed by atoms with Crippen LogP contribution in [-0.2, 0) is 20.7 Å². The molecule has 31 heavy (non-hydrogen) atoms. The van der Waals surface area contributed by atoms with Crippen molar-refractivity contribution in [2.45, 2.75) is 32.7 Å². The molecule has 0 unspecified atom stereocenters. The number of aromatic nitrogens is 1. The van der Waals surface area contributed by atoms with E-state index < -0.39 is 5.97 Å². The molecule has 2 aromatic carbocycles. The van der Waals surface area contributed by atoms with Crippen molar-refractivity contribution in [1.82, 2.24) is 10.5 Å². The van der Waals surface area contributed by atoms with Crippen molar-refractivity contribution < 1.29 is 23.6 Å². The van der Waals surface area contributed by atoms with Gasteiger partial charge in [0.25, 0.3) is 5.91 Å². The van der Waals surface area contributed by atoms with Gasteiger partial charge in [0.1, 0.15) is 11.5 Å². The maximum atomic E-state index is 12.5. The third-order valence-electron chi connectivity index (χ3n) is 5.01. The first kappa shape index (κ1) is 22.1. The molecule has 0 aliphatic carbocycles. The van der Waals surface area contributed by atoms with Gasteiger partial charge < -0.3 is 19.3 Å². The number of aryl methyl sites for hydroxylation is 2. The Kier molecular flexibility index (Phi) is 7.43. The van der Waals surface area contributed by atoms with Gasteiger partial charge in [-0.2, -0.15) is 0 Å². The Hall–Kier alpha value is -3.61. The average molecular weight is 422 g/mol. The van der Waals surface area contributed by atoms with Crippen LogP contribution < -0.4 is 10.1 Å². The number of amides is 1. The monoisotopic (exact) mass is 422 g/mol. The number of nitrogens with zero attached hydrogens (tertiary/aromatic N) is 1. The third-order valence-corrected chi connectivity index (χ3v) is 5.01. The van der Waals surface area contributed by atoms with Gasteiger partial charge in [0.2, 0.25) is 0 Å². The predicted molar refractivity (Wildman–Crippen MR) is 115 cm³/mol. The molecule has 7 heteroatoms. The third kappa shape index (κ3) is 5.94. The Labute approximate surface area is 181 Å². The highest BCUT2D eigenvalue weighted by atomic mass is 16.5. The first-order valence-corrected chi connectivity index (χ1v) is 10.0. The highest BCUT2D eigenvalue weighted by Gasteiger charge is 2.18. The summed E-state index contributed by atoms with van der Waals surface area (Å²) in [6.45, 7) is 3.28. The van der Waals surface area contributed by atoms with E-state index in [-0.39, 0.29) is 25.0 Å². The van der Waals surface area contributed by atoms with Crippen LogP contribution in [-0.4, -0.2) is 30.7 Å². The first-order valence-electron chi connectivity index (χ1n) is 10.0. The fourth-order valence-corrected chi connectivity index (χ4v) is 3.31. The summed E-state index contributed by atoms with van der Waals surface area (Å²) < 4.78 is 15.5. The molecule has 0 fully saturated rings. The van der Waals surface area contributed by atoms with Crippen LogP contribution in [0.4, 0.5) is 0 Å². The molecule has 0 radical (unpaired) electrons. The van der Waals surface area contributed by atoms with E-state index in [0.717, 1.165) is 28.1 Å². The lowest BCUT2D eigenvalue weighted by atomic mass is 9.98. The van der Waals surface area contributed by atoms with Gasteiger partial charge in [-0.25, -0.2) is 0 Å². The molecule has 1 atom stereocenters. The lowest BCUT2D eigenvalue weighted by Gasteiger charge is -2.20. The van der Waals surface area contributed by atoms with E-state index in [4.69, 9.17) is 14.0 Å². The molecule has 3 rings (SSSR count). The van der Waals surface area contributed by atoms with Crippen LogP contribution in [0.3, 0.4) is 0 Å². The Morgan fingerprint density at radius 1 is 1.03 bits per heavy atom. The van der Waals surface area contributed by atoms with Gasteiger partial charge in [-0.05, 0) is 43.5 Å². The SMILES string of the molecule is COc1ccc([C@H](NC(=O)COC(=O)CCc2c(C)noc2C)c2ccccc2)cc1. The summed E-state index contributed by atoms with van der Waals surface area (Å²) in [4.78, 5) is 24.6. The zero-order chi connectivity index (χ0) is 22.2. The summed E-state index contributed by atoms with van der Waals surface area (Å²) >= 11 is 0. The Bertz CT molecular complexity index is 993. The number of ether oxygens (including phenoxy) is 2. The molecule has 0 spiro atoms. The average Bonchev–Trinajstić information content (AvgIpc) is 3.12. The van der Waals surface area contributed by atoms with Crippen molar-refractivity contribution in [3.05, 3.63) is 82.7 Å². The highest BCUT2D eigenvalue weighted by molar-refractivity contribution is 5.81. The zero-order valence-corrected chi connectivity index (χ0v) is 17.9. The van der Waals surface area contributed by atoms with E-state index in [0.29, 0.717) is 12.2 Å². The molecule has 7 nitrogen and oxygen atoms in total. The van der Waals surface area contributed by atoms with Gasteiger partial charge in [0, 0.05) is 12.0 Å². The normalized spacial score (nSPS) is 11.6. The minimum atomic E-state index is -0.448. The summed E-state index contributed by atoms with van der Waals surface area (Å²) in [6.07, 6.45) is 0.608. The van der Waals surface area contributed by atoms with Gasteiger partial charge in [0.05, 0.1) is 18.8 Å². The summed E-state index contributed by atoms with van der Waals surface area (Å²) in [5, 5.41) is 6.82. The quantitative estimate of drug-likeness (QED) is 0.529. The molecule has 1 N–H and O–H groups in total. The zero-order valence-electron chi connectivity index (χ0n) is 17.9. The number of hydrogen-bond donors (Lipinski definition) is 1.